The first-order valence-corrected chi connectivity index (χ1v) is 13.1. The Balaban J connectivity index is 1.25. The van der Waals surface area contributed by atoms with Crippen LogP contribution in [-0.2, 0) is 6.18 Å². The first-order valence-electron chi connectivity index (χ1n) is 13.1. The van der Waals surface area contributed by atoms with Crippen LogP contribution in [0.25, 0.3) is 11.0 Å². The lowest BCUT2D eigenvalue weighted by molar-refractivity contribution is -0.137. The van der Waals surface area contributed by atoms with E-state index in [1.54, 1.807) is 28.8 Å². The summed E-state index contributed by atoms with van der Waals surface area (Å²) in [5, 5.41) is 0. The number of halogens is 5. The molecule has 0 amide bonds. The van der Waals surface area contributed by atoms with E-state index in [0.29, 0.717) is 11.9 Å². The van der Waals surface area contributed by atoms with Crippen molar-refractivity contribution in [1.82, 2.24) is 14.5 Å². The van der Waals surface area contributed by atoms with E-state index in [1.807, 2.05) is 0 Å². The number of likely N-dealkylation sites (tertiary alicyclic amines) is 1. The van der Waals surface area contributed by atoms with Crippen molar-refractivity contribution < 1.29 is 22.0 Å². The second-order valence-corrected chi connectivity index (χ2v) is 10.5. The van der Waals surface area contributed by atoms with Gasteiger partial charge in [-0.25, -0.2) is 13.6 Å². The molecule has 3 aromatic carbocycles. The maximum atomic E-state index is 13.5. The van der Waals surface area contributed by atoms with Crippen LogP contribution in [0.4, 0.5) is 22.0 Å². The van der Waals surface area contributed by atoms with Gasteiger partial charge in [-0.15, -0.1) is 0 Å². The molecule has 4 aromatic rings. The molecular formula is C30H30F5N3O. The number of H-pyrrole nitrogens is 1. The maximum absolute atomic E-state index is 13.5. The summed E-state index contributed by atoms with van der Waals surface area (Å²) in [5.41, 5.74) is 1.45. The van der Waals surface area contributed by atoms with Crippen LogP contribution in [0.3, 0.4) is 0 Å². The van der Waals surface area contributed by atoms with Crippen LogP contribution in [0.15, 0.2) is 71.5 Å². The Hall–Kier alpha value is -3.46. The molecule has 9 heteroatoms. The summed E-state index contributed by atoms with van der Waals surface area (Å²) in [4.78, 5) is 17.7. The molecule has 0 spiro atoms. The molecule has 2 atom stereocenters. The molecule has 4 nitrogen and oxygen atoms in total. The zero-order valence-corrected chi connectivity index (χ0v) is 21.5. The van der Waals surface area contributed by atoms with Gasteiger partial charge in [0.05, 0.1) is 16.6 Å². The SMILES string of the molecule is CC1CN(CCCC(c2ccc(F)cc2)c2ccc(F)cc2)CCC1n1c(=O)[nH]c2cc(C(F)(F)F)ccc21. The Bertz CT molecular complexity index is 1430. The predicted molar refractivity (Wildman–Crippen MR) is 141 cm³/mol. The quantitative estimate of drug-likeness (QED) is 0.252. The van der Waals surface area contributed by atoms with Gasteiger partial charge in [-0.1, -0.05) is 31.2 Å². The molecule has 39 heavy (non-hydrogen) atoms. The number of benzene rings is 3. The summed E-state index contributed by atoms with van der Waals surface area (Å²) in [6.07, 6.45) is -2.11. The second kappa shape index (κ2) is 11.0. The zero-order valence-electron chi connectivity index (χ0n) is 21.5. The lowest BCUT2D eigenvalue weighted by Gasteiger charge is -2.37. The number of hydrogen-bond donors (Lipinski definition) is 1. The van der Waals surface area contributed by atoms with Crippen molar-refractivity contribution in [2.24, 2.45) is 5.92 Å². The fraction of sp³-hybridized carbons (Fsp3) is 0.367. The summed E-state index contributed by atoms with van der Waals surface area (Å²) in [6.45, 7) is 4.40. The van der Waals surface area contributed by atoms with Gasteiger partial charge in [-0.05, 0) is 85.3 Å². The van der Waals surface area contributed by atoms with Crippen LogP contribution in [-0.4, -0.2) is 34.1 Å². The van der Waals surface area contributed by atoms with E-state index in [4.69, 9.17) is 0 Å². The monoisotopic (exact) mass is 543 g/mol. The highest BCUT2D eigenvalue weighted by Gasteiger charge is 2.33. The van der Waals surface area contributed by atoms with E-state index in [9.17, 15) is 26.7 Å². The standard InChI is InChI=1S/C30H30F5N3O/c1-19-18-37(15-2-3-25(20-4-9-23(31)10-5-20)21-6-11-24(32)12-7-21)16-14-27(19)38-28-13-8-22(30(33,34)35)17-26(28)36-29(38)39/h4-13,17,19,25,27H,2-3,14-16,18H2,1H3,(H,36,39). The average molecular weight is 544 g/mol. The first kappa shape index (κ1) is 27.1. The molecule has 5 rings (SSSR count). The van der Waals surface area contributed by atoms with E-state index < -0.39 is 17.4 Å². The smallest absolute Gasteiger partial charge is 0.306 e. The average Bonchev–Trinajstić information content (AvgIpc) is 3.22. The molecule has 1 fully saturated rings. The van der Waals surface area contributed by atoms with Gasteiger partial charge >= 0.3 is 11.9 Å². The summed E-state index contributed by atoms with van der Waals surface area (Å²) in [7, 11) is 0. The Morgan fingerprint density at radius 1 is 0.949 bits per heavy atom. The highest BCUT2D eigenvalue weighted by molar-refractivity contribution is 5.76. The minimum Gasteiger partial charge on any atom is -0.306 e. The number of hydrogen-bond acceptors (Lipinski definition) is 2. The Labute approximate surface area is 223 Å². The van der Waals surface area contributed by atoms with Gasteiger partial charge < -0.3 is 9.88 Å². The maximum Gasteiger partial charge on any atom is 0.416 e. The minimum absolute atomic E-state index is 0.00699. The van der Waals surface area contributed by atoms with E-state index in [1.165, 1.54) is 30.3 Å². The topological polar surface area (TPSA) is 41.0 Å². The highest BCUT2D eigenvalue weighted by atomic mass is 19.4. The number of nitrogens with one attached hydrogen (secondary N) is 1. The first-order chi connectivity index (χ1) is 18.6. The zero-order chi connectivity index (χ0) is 27.7. The van der Waals surface area contributed by atoms with Gasteiger partial charge in [0, 0.05) is 25.0 Å². The Morgan fingerprint density at radius 2 is 1.56 bits per heavy atom. The molecule has 1 aliphatic heterocycles. The lowest BCUT2D eigenvalue weighted by Crippen LogP contribution is -2.42. The molecule has 2 heterocycles. The van der Waals surface area contributed by atoms with E-state index in [-0.39, 0.29) is 35.0 Å². The molecule has 0 saturated carbocycles. The van der Waals surface area contributed by atoms with E-state index in [0.717, 1.165) is 55.7 Å². The van der Waals surface area contributed by atoms with Crippen LogP contribution in [0.5, 0.6) is 0 Å². The molecule has 1 aliphatic rings. The number of alkyl halides is 3. The third kappa shape index (κ3) is 5.93. The van der Waals surface area contributed by atoms with E-state index >= 15 is 0 Å². The van der Waals surface area contributed by atoms with Gasteiger partial charge in [0.25, 0.3) is 0 Å². The molecule has 1 saturated heterocycles. The van der Waals surface area contributed by atoms with Crippen molar-refractivity contribution in [3.63, 3.8) is 0 Å². The summed E-state index contributed by atoms with van der Waals surface area (Å²) < 4.78 is 68.0. The second-order valence-electron chi connectivity index (χ2n) is 10.5. The van der Waals surface area contributed by atoms with Crippen LogP contribution in [0, 0.1) is 17.6 Å². The fourth-order valence-electron chi connectivity index (χ4n) is 5.88. The molecule has 0 radical (unpaired) electrons. The number of imidazole rings is 1. The number of piperidine rings is 1. The number of fused-ring (bicyclic) bond motifs is 1. The third-order valence-electron chi connectivity index (χ3n) is 7.83. The largest absolute Gasteiger partial charge is 0.416 e. The summed E-state index contributed by atoms with van der Waals surface area (Å²) >= 11 is 0. The fourth-order valence-corrected chi connectivity index (χ4v) is 5.88. The number of aromatic amines is 1. The summed E-state index contributed by atoms with van der Waals surface area (Å²) in [6, 6.07) is 16.1. The highest BCUT2D eigenvalue weighted by Crippen LogP contribution is 2.34. The Morgan fingerprint density at radius 3 is 2.13 bits per heavy atom. The molecule has 206 valence electrons. The molecule has 2 unspecified atom stereocenters. The normalized spacial score (nSPS) is 18.7. The molecule has 0 bridgehead atoms. The third-order valence-corrected chi connectivity index (χ3v) is 7.83. The molecule has 1 aromatic heterocycles. The van der Waals surface area contributed by atoms with Crippen molar-refractivity contribution in [3.05, 3.63) is 106 Å². The van der Waals surface area contributed by atoms with Crippen LogP contribution in [0.1, 0.15) is 54.8 Å². The van der Waals surface area contributed by atoms with Crippen molar-refractivity contribution in [3.8, 4) is 0 Å². The van der Waals surface area contributed by atoms with Crippen LogP contribution >= 0.6 is 0 Å². The van der Waals surface area contributed by atoms with E-state index in [2.05, 4.69) is 16.8 Å². The van der Waals surface area contributed by atoms with Gasteiger partial charge in [0.15, 0.2) is 0 Å². The van der Waals surface area contributed by atoms with Crippen LogP contribution in [0.2, 0.25) is 0 Å². The van der Waals surface area contributed by atoms with Crippen LogP contribution < -0.4 is 5.69 Å². The molecule has 1 N–H and O–H groups in total. The number of rotatable bonds is 7. The Kier molecular flexibility index (Phi) is 7.62. The van der Waals surface area contributed by atoms with Crippen molar-refractivity contribution in [2.75, 3.05) is 19.6 Å². The minimum atomic E-state index is -4.47. The summed E-state index contributed by atoms with van der Waals surface area (Å²) in [5.74, 6) is -0.484. The van der Waals surface area contributed by atoms with Gasteiger partial charge in [-0.2, -0.15) is 13.2 Å². The molecular weight excluding hydrogens is 513 g/mol. The lowest BCUT2D eigenvalue weighted by atomic mass is 9.87. The number of aromatic nitrogens is 2. The molecule has 0 aliphatic carbocycles. The number of nitrogens with zero attached hydrogens (tertiary/aromatic N) is 2. The van der Waals surface area contributed by atoms with Crippen molar-refractivity contribution in [2.45, 2.75) is 44.3 Å². The van der Waals surface area contributed by atoms with Crippen molar-refractivity contribution in [1.29, 1.82) is 0 Å². The van der Waals surface area contributed by atoms with Gasteiger partial charge in [-0.3, -0.25) is 4.57 Å². The van der Waals surface area contributed by atoms with Gasteiger partial charge in [0.1, 0.15) is 11.6 Å². The van der Waals surface area contributed by atoms with Crippen molar-refractivity contribution >= 4 is 11.0 Å². The van der Waals surface area contributed by atoms with Gasteiger partial charge in [0.2, 0.25) is 0 Å². The predicted octanol–water partition coefficient (Wildman–Crippen LogP) is 7.12.